The molecule has 0 unspecified atom stereocenters. The highest BCUT2D eigenvalue weighted by Gasteiger charge is 2.21. The molecule has 1 aromatic carbocycles. The van der Waals surface area contributed by atoms with E-state index in [2.05, 4.69) is 4.98 Å². The monoisotopic (exact) mass is 280 g/mol. The van der Waals surface area contributed by atoms with Crippen LogP contribution in [-0.4, -0.2) is 23.0 Å². The highest BCUT2D eigenvalue weighted by atomic mass is 19.2. The van der Waals surface area contributed by atoms with Gasteiger partial charge >= 0.3 is 0 Å². The largest absolute Gasteiger partial charge is 0.297 e. The highest BCUT2D eigenvalue weighted by molar-refractivity contribution is 5.81. The number of fused-ring (bicyclic) bond motifs is 1. The molecule has 1 aliphatic heterocycles. The normalized spacial score (nSPS) is 16.2. The number of likely N-dealkylation sites (tertiary alicyclic amines) is 1. The zero-order valence-electron chi connectivity index (χ0n) is 11.2. The van der Waals surface area contributed by atoms with Crippen LogP contribution in [0.2, 0.25) is 0 Å². The molecule has 1 saturated heterocycles. The summed E-state index contributed by atoms with van der Waals surface area (Å²) in [6.45, 7) is 3.52. The van der Waals surface area contributed by atoms with E-state index >= 15 is 0 Å². The van der Waals surface area contributed by atoms with Gasteiger partial charge in [-0.25, -0.2) is 18.2 Å². The third-order valence-electron chi connectivity index (χ3n) is 3.81. The first-order chi connectivity index (χ1) is 9.58. The van der Waals surface area contributed by atoms with Gasteiger partial charge in [-0.2, -0.15) is 0 Å². The zero-order valence-corrected chi connectivity index (χ0v) is 11.2. The molecule has 0 saturated carbocycles. The second-order valence-electron chi connectivity index (χ2n) is 5.26. The van der Waals surface area contributed by atoms with E-state index in [-0.39, 0.29) is 28.7 Å². The lowest BCUT2D eigenvalue weighted by molar-refractivity contribution is 0.318. The summed E-state index contributed by atoms with van der Waals surface area (Å²) in [5.74, 6) is -2.90. The van der Waals surface area contributed by atoms with E-state index in [0.29, 0.717) is 0 Å². The lowest BCUT2D eigenvalue weighted by Crippen LogP contribution is -2.20. The molecule has 1 fully saturated rings. The molecule has 1 aliphatic rings. The van der Waals surface area contributed by atoms with Gasteiger partial charge in [-0.05, 0) is 44.5 Å². The number of nitrogens with zero attached hydrogens (tertiary/aromatic N) is 2. The summed E-state index contributed by atoms with van der Waals surface area (Å²) in [6, 6.07) is 3.06. The molecule has 0 amide bonds. The Labute approximate surface area is 115 Å². The summed E-state index contributed by atoms with van der Waals surface area (Å²) < 4.78 is 42.1. The van der Waals surface area contributed by atoms with Gasteiger partial charge in [0, 0.05) is 6.54 Å². The molecule has 5 heteroatoms. The van der Waals surface area contributed by atoms with Crippen LogP contribution in [-0.2, 0) is 6.54 Å². The van der Waals surface area contributed by atoms with Gasteiger partial charge in [0.05, 0.1) is 16.6 Å². The van der Waals surface area contributed by atoms with E-state index in [1.54, 1.807) is 0 Å². The molecule has 3 rings (SSSR count). The number of hydrogen-bond acceptors (Lipinski definition) is 2. The quantitative estimate of drug-likeness (QED) is 0.836. The van der Waals surface area contributed by atoms with Crippen LogP contribution in [0.5, 0.6) is 0 Å². The van der Waals surface area contributed by atoms with Crippen LogP contribution in [0.25, 0.3) is 10.9 Å². The molecule has 0 atom stereocenters. The Hall–Kier alpha value is -1.62. The fourth-order valence-electron chi connectivity index (χ4n) is 2.66. The smallest absolute Gasteiger partial charge is 0.182 e. The van der Waals surface area contributed by atoms with E-state index in [1.807, 2.05) is 4.90 Å². The van der Waals surface area contributed by atoms with E-state index in [1.165, 1.54) is 19.1 Å². The van der Waals surface area contributed by atoms with Crippen molar-refractivity contribution in [2.75, 3.05) is 13.1 Å². The van der Waals surface area contributed by atoms with Crippen molar-refractivity contribution in [3.8, 4) is 0 Å². The Kier molecular flexibility index (Phi) is 3.38. The second kappa shape index (κ2) is 5.05. The second-order valence-corrected chi connectivity index (χ2v) is 5.26. The maximum Gasteiger partial charge on any atom is 0.182 e. The lowest BCUT2D eigenvalue weighted by Gasteiger charge is -2.15. The van der Waals surface area contributed by atoms with Gasteiger partial charge in [0.15, 0.2) is 11.6 Å². The molecule has 0 bridgehead atoms. The first-order valence-electron chi connectivity index (χ1n) is 6.73. The minimum atomic E-state index is -1.13. The summed E-state index contributed by atoms with van der Waals surface area (Å²) in [6.07, 6.45) is 2.12. The molecule has 20 heavy (non-hydrogen) atoms. The van der Waals surface area contributed by atoms with E-state index in [4.69, 9.17) is 0 Å². The first-order valence-corrected chi connectivity index (χ1v) is 6.73. The SMILES string of the molecule is Cc1ccc2nc(CN3CCCC3)c(F)c(F)c2c1F. The highest BCUT2D eigenvalue weighted by Crippen LogP contribution is 2.26. The molecule has 0 radical (unpaired) electrons. The topological polar surface area (TPSA) is 16.1 Å². The first kappa shape index (κ1) is 13.4. The summed E-state index contributed by atoms with van der Waals surface area (Å²) in [5, 5.41) is -0.354. The van der Waals surface area contributed by atoms with Crippen molar-refractivity contribution in [1.29, 1.82) is 0 Å². The summed E-state index contributed by atoms with van der Waals surface area (Å²) in [5.41, 5.74) is 0.506. The van der Waals surface area contributed by atoms with Gasteiger partial charge in [-0.1, -0.05) is 6.07 Å². The number of halogens is 3. The Balaban J connectivity index is 2.10. The molecule has 1 aromatic heterocycles. The molecule has 0 aliphatic carbocycles. The Morgan fingerprint density at radius 1 is 1.05 bits per heavy atom. The zero-order chi connectivity index (χ0) is 14.3. The maximum atomic E-state index is 14.1. The maximum absolute atomic E-state index is 14.1. The predicted molar refractivity (Wildman–Crippen MR) is 70.9 cm³/mol. The van der Waals surface area contributed by atoms with Crippen molar-refractivity contribution in [1.82, 2.24) is 9.88 Å². The third kappa shape index (κ3) is 2.16. The summed E-state index contributed by atoms with van der Waals surface area (Å²) in [7, 11) is 0. The molecule has 106 valence electrons. The van der Waals surface area contributed by atoms with Crippen LogP contribution in [0, 0.1) is 24.4 Å². The minimum absolute atomic E-state index is 0.0557. The van der Waals surface area contributed by atoms with E-state index in [0.717, 1.165) is 25.9 Å². The number of pyridine rings is 1. The van der Waals surface area contributed by atoms with Crippen LogP contribution in [0.1, 0.15) is 24.1 Å². The minimum Gasteiger partial charge on any atom is -0.297 e. The molecule has 2 heterocycles. The molecule has 2 aromatic rings. The van der Waals surface area contributed by atoms with Crippen molar-refractivity contribution in [3.63, 3.8) is 0 Å². The molecule has 0 spiro atoms. The lowest BCUT2D eigenvalue weighted by atomic mass is 10.1. The van der Waals surface area contributed by atoms with Crippen molar-refractivity contribution in [2.45, 2.75) is 26.3 Å². The molecular formula is C15H15F3N2. The number of aromatic nitrogens is 1. The van der Waals surface area contributed by atoms with E-state index in [9.17, 15) is 13.2 Å². The third-order valence-corrected chi connectivity index (χ3v) is 3.81. The van der Waals surface area contributed by atoms with Gasteiger partial charge in [0.25, 0.3) is 0 Å². The van der Waals surface area contributed by atoms with Crippen molar-refractivity contribution in [3.05, 3.63) is 40.8 Å². The van der Waals surface area contributed by atoms with Crippen LogP contribution >= 0.6 is 0 Å². The number of aryl methyl sites for hydroxylation is 1. The fraction of sp³-hybridized carbons (Fsp3) is 0.400. The van der Waals surface area contributed by atoms with Crippen molar-refractivity contribution in [2.24, 2.45) is 0 Å². The van der Waals surface area contributed by atoms with Crippen LogP contribution in [0.4, 0.5) is 13.2 Å². The summed E-state index contributed by atoms with van der Waals surface area (Å²) in [4.78, 5) is 6.13. The number of benzene rings is 1. The molecular weight excluding hydrogens is 265 g/mol. The Morgan fingerprint density at radius 3 is 2.45 bits per heavy atom. The van der Waals surface area contributed by atoms with Crippen molar-refractivity contribution < 1.29 is 13.2 Å². The predicted octanol–water partition coefficient (Wildman–Crippen LogP) is 3.56. The number of hydrogen-bond donors (Lipinski definition) is 0. The summed E-state index contributed by atoms with van der Waals surface area (Å²) >= 11 is 0. The van der Waals surface area contributed by atoms with Gasteiger partial charge in [-0.15, -0.1) is 0 Å². The average Bonchev–Trinajstić information content (AvgIpc) is 2.92. The van der Waals surface area contributed by atoms with Gasteiger partial charge in [-0.3, -0.25) is 4.90 Å². The van der Waals surface area contributed by atoms with Gasteiger partial charge in [0.1, 0.15) is 5.82 Å². The van der Waals surface area contributed by atoms with Crippen LogP contribution in [0.3, 0.4) is 0 Å². The van der Waals surface area contributed by atoms with Gasteiger partial charge in [0.2, 0.25) is 0 Å². The Morgan fingerprint density at radius 2 is 1.75 bits per heavy atom. The fourth-order valence-corrected chi connectivity index (χ4v) is 2.66. The molecule has 0 N–H and O–H groups in total. The van der Waals surface area contributed by atoms with Crippen molar-refractivity contribution >= 4 is 10.9 Å². The van der Waals surface area contributed by atoms with Crippen LogP contribution < -0.4 is 0 Å². The van der Waals surface area contributed by atoms with Crippen LogP contribution in [0.15, 0.2) is 12.1 Å². The number of rotatable bonds is 2. The van der Waals surface area contributed by atoms with E-state index < -0.39 is 17.5 Å². The molecule has 2 nitrogen and oxygen atoms in total. The van der Waals surface area contributed by atoms with Gasteiger partial charge < -0.3 is 0 Å². The Bertz CT molecular complexity index is 664. The average molecular weight is 280 g/mol. The standard InChI is InChI=1S/C15H15F3N2/c1-9-4-5-10-12(13(9)16)15(18)14(17)11(19-10)8-20-6-2-3-7-20/h4-5H,2-3,6-8H2,1H3.